The summed E-state index contributed by atoms with van der Waals surface area (Å²) in [6.45, 7) is 0.862. The summed E-state index contributed by atoms with van der Waals surface area (Å²) in [7, 11) is 1.52. The first-order valence-corrected chi connectivity index (χ1v) is 5.87. The lowest BCUT2D eigenvalue weighted by molar-refractivity contribution is 0.0214. The SMILES string of the molecule is CO[C@H]1CN(C(=O)OCc2ccccc2)C[C@@H]1O. The molecule has 5 nitrogen and oxygen atoms in total. The van der Waals surface area contributed by atoms with Crippen LogP contribution in [0.1, 0.15) is 5.56 Å². The first kappa shape index (κ1) is 12.9. The number of ether oxygens (including phenoxy) is 2. The minimum Gasteiger partial charge on any atom is -0.445 e. The van der Waals surface area contributed by atoms with Crippen molar-refractivity contribution in [3.05, 3.63) is 35.9 Å². The third-order valence-electron chi connectivity index (χ3n) is 3.00. The Labute approximate surface area is 106 Å². The van der Waals surface area contributed by atoms with E-state index in [1.807, 2.05) is 30.3 Å². The molecule has 0 unspecified atom stereocenters. The van der Waals surface area contributed by atoms with E-state index >= 15 is 0 Å². The molecular weight excluding hydrogens is 234 g/mol. The Morgan fingerprint density at radius 2 is 2.11 bits per heavy atom. The quantitative estimate of drug-likeness (QED) is 0.871. The highest BCUT2D eigenvalue weighted by Gasteiger charge is 2.34. The zero-order valence-electron chi connectivity index (χ0n) is 10.3. The van der Waals surface area contributed by atoms with Crippen LogP contribution in [0.3, 0.4) is 0 Å². The van der Waals surface area contributed by atoms with Crippen LogP contribution in [0.25, 0.3) is 0 Å². The lowest BCUT2D eigenvalue weighted by Crippen LogP contribution is -2.30. The monoisotopic (exact) mass is 251 g/mol. The van der Waals surface area contributed by atoms with Crippen LogP contribution in [0.5, 0.6) is 0 Å². The summed E-state index contributed by atoms with van der Waals surface area (Å²) in [5.41, 5.74) is 0.939. The van der Waals surface area contributed by atoms with Gasteiger partial charge in [-0.2, -0.15) is 0 Å². The van der Waals surface area contributed by atoms with Crippen molar-refractivity contribution in [1.82, 2.24) is 4.90 Å². The molecule has 1 heterocycles. The second-order valence-corrected chi connectivity index (χ2v) is 4.29. The lowest BCUT2D eigenvalue weighted by Gasteiger charge is -2.15. The number of hydrogen-bond acceptors (Lipinski definition) is 4. The predicted molar refractivity (Wildman–Crippen MR) is 65.0 cm³/mol. The Balaban J connectivity index is 1.82. The van der Waals surface area contributed by atoms with Gasteiger partial charge in [-0.25, -0.2) is 4.79 Å². The van der Waals surface area contributed by atoms with Crippen molar-refractivity contribution in [3.63, 3.8) is 0 Å². The number of benzene rings is 1. The van der Waals surface area contributed by atoms with E-state index in [0.717, 1.165) is 5.56 Å². The van der Waals surface area contributed by atoms with Gasteiger partial charge in [0.1, 0.15) is 12.7 Å². The summed E-state index contributed by atoms with van der Waals surface area (Å²) >= 11 is 0. The predicted octanol–water partition coefficient (Wildman–Crippen LogP) is 1.01. The molecular formula is C13H17NO4. The van der Waals surface area contributed by atoms with Crippen molar-refractivity contribution < 1.29 is 19.4 Å². The maximum Gasteiger partial charge on any atom is 0.410 e. The van der Waals surface area contributed by atoms with Gasteiger partial charge in [0.15, 0.2) is 0 Å². The van der Waals surface area contributed by atoms with Crippen molar-refractivity contribution >= 4 is 6.09 Å². The Kier molecular flexibility index (Phi) is 4.17. The minimum atomic E-state index is -0.640. The van der Waals surface area contributed by atoms with Crippen molar-refractivity contribution in [2.24, 2.45) is 0 Å². The molecule has 1 fully saturated rings. The molecule has 0 spiro atoms. The van der Waals surface area contributed by atoms with Crippen LogP contribution in [0.2, 0.25) is 0 Å². The van der Waals surface area contributed by atoms with Gasteiger partial charge < -0.3 is 19.5 Å². The molecule has 98 valence electrons. The molecule has 0 radical (unpaired) electrons. The molecule has 1 aromatic carbocycles. The van der Waals surface area contributed by atoms with E-state index in [2.05, 4.69) is 0 Å². The van der Waals surface area contributed by atoms with Gasteiger partial charge in [-0.15, -0.1) is 0 Å². The summed E-state index contributed by atoms with van der Waals surface area (Å²) in [5.74, 6) is 0. The maximum atomic E-state index is 11.8. The van der Waals surface area contributed by atoms with E-state index in [-0.39, 0.29) is 19.3 Å². The number of nitrogens with zero attached hydrogens (tertiary/aromatic N) is 1. The first-order valence-electron chi connectivity index (χ1n) is 5.87. The van der Waals surface area contributed by atoms with E-state index in [0.29, 0.717) is 6.54 Å². The number of carbonyl (C=O) groups excluding carboxylic acids is 1. The summed E-state index contributed by atoms with van der Waals surface area (Å²) in [6.07, 6.45) is -1.38. The molecule has 0 aromatic heterocycles. The average Bonchev–Trinajstić information content (AvgIpc) is 2.78. The molecule has 1 N–H and O–H groups in total. The molecule has 1 aliphatic heterocycles. The third-order valence-corrected chi connectivity index (χ3v) is 3.00. The molecule has 0 bridgehead atoms. The largest absolute Gasteiger partial charge is 0.445 e. The topological polar surface area (TPSA) is 59.0 Å². The number of amides is 1. The van der Waals surface area contributed by atoms with E-state index in [1.165, 1.54) is 12.0 Å². The van der Waals surface area contributed by atoms with Gasteiger partial charge in [0.25, 0.3) is 0 Å². The fraction of sp³-hybridized carbons (Fsp3) is 0.462. The Morgan fingerprint density at radius 3 is 2.72 bits per heavy atom. The molecule has 1 aromatic rings. The van der Waals surface area contributed by atoms with Gasteiger partial charge in [-0.3, -0.25) is 0 Å². The normalized spacial score (nSPS) is 23.1. The molecule has 1 saturated heterocycles. The van der Waals surface area contributed by atoms with Crippen LogP contribution < -0.4 is 0 Å². The number of β-amino-alcohol motifs (C(OH)–C–C–N with tert-alkyl or cyclic N) is 1. The smallest absolute Gasteiger partial charge is 0.410 e. The number of methoxy groups -OCH3 is 1. The number of likely N-dealkylation sites (tertiary alicyclic amines) is 1. The number of rotatable bonds is 3. The molecule has 18 heavy (non-hydrogen) atoms. The van der Waals surface area contributed by atoms with E-state index in [9.17, 15) is 9.90 Å². The highest BCUT2D eigenvalue weighted by Crippen LogP contribution is 2.14. The third kappa shape index (κ3) is 3.00. The number of aliphatic hydroxyl groups is 1. The van der Waals surface area contributed by atoms with Crippen molar-refractivity contribution in [2.75, 3.05) is 20.2 Å². The zero-order chi connectivity index (χ0) is 13.0. The standard InChI is InChI=1S/C13H17NO4/c1-17-12-8-14(7-11(12)15)13(16)18-9-10-5-3-2-4-6-10/h2-6,11-12,15H,7-9H2,1H3/t11-,12-/m0/s1. The highest BCUT2D eigenvalue weighted by atomic mass is 16.6. The molecule has 1 amide bonds. The average molecular weight is 251 g/mol. The molecule has 5 heteroatoms. The van der Waals surface area contributed by atoms with Gasteiger partial charge in [0, 0.05) is 7.11 Å². The number of hydrogen-bond donors (Lipinski definition) is 1. The second kappa shape index (κ2) is 5.84. The summed E-state index contributed by atoms with van der Waals surface area (Å²) < 4.78 is 10.2. The van der Waals surface area contributed by atoms with Crippen LogP contribution in [0.15, 0.2) is 30.3 Å². The van der Waals surface area contributed by atoms with Gasteiger partial charge >= 0.3 is 6.09 Å². The summed E-state index contributed by atoms with van der Waals surface area (Å²) in [5, 5.41) is 9.62. The Bertz CT molecular complexity index is 395. The molecule has 0 saturated carbocycles. The van der Waals surface area contributed by atoms with Crippen LogP contribution in [-0.2, 0) is 16.1 Å². The summed E-state index contributed by atoms with van der Waals surface area (Å²) in [4.78, 5) is 13.2. The first-order chi connectivity index (χ1) is 8.70. The van der Waals surface area contributed by atoms with Crippen LogP contribution in [0.4, 0.5) is 4.79 Å². The van der Waals surface area contributed by atoms with Crippen LogP contribution in [0, 0.1) is 0 Å². The van der Waals surface area contributed by atoms with E-state index in [1.54, 1.807) is 0 Å². The second-order valence-electron chi connectivity index (χ2n) is 4.29. The van der Waals surface area contributed by atoms with Gasteiger partial charge in [0.05, 0.1) is 19.2 Å². The van der Waals surface area contributed by atoms with E-state index in [4.69, 9.17) is 9.47 Å². The van der Waals surface area contributed by atoms with Gasteiger partial charge in [-0.1, -0.05) is 30.3 Å². The fourth-order valence-corrected chi connectivity index (χ4v) is 1.95. The number of aliphatic hydroxyl groups excluding tert-OH is 1. The van der Waals surface area contributed by atoms with Gasteiger partial charge in [-0.05, 0) is 5.56 Å². The van der Waals surface area contributed by atoms with Gasteiger partial charge in [0.2, 0.25) is 0 Å². The molecule has 2 atom stereocenters. The summed E-state index contributed by atoms with van der Waals surface area (Å²) in [6, 6.07) is 9.48. The number of carbonyl (C=O) groups is 1. The Hall–Kier alpha value is -1.59. The maximum absolute atomic E-state index is 11.8. The van der Waals surface area contributed by atoms with E-state index < -0.39 is 12.2 Å². The molecule has 1 aliphatic rings. The van der Waals surface area contributed by atoms with Crippen molar-refractivity contribution in [1.29, 1.82) is 0 Å². The highest BCUT2D eigenvalue weighted by molar-refractivity contribution is 5.68. The Morgan fingerprint density at radius 1 is 1.39 bits per heavy atom. The molecule has 0 aliphatic carbocycles. The lowest BCUT2D eigenvalue weighted by atomic mass is 10.2. The fourth-order valence-electron chi connectivity index (χ4n) is 1.95. The van der Waals surface area contributed by atoms with Crippen LogP contribution in [-0.4, -0.2) is 48.5 Å². The van der Waals surface area contributed by atoms with Crippen molar-refractivity contribution in [3.8, 4) is 0 Å². The minimum absolute atomic E-state index is 0.240. The van der Waals surface area contributed by atoms with Crippen LogP contribution >= 0.6 is 0 Å². The zero-order valence-corrected chi connectivity index (χ0v) is 10.3. The molecule has 2 rings (SSSR count). The van der Waals surface area contributed by atoms with Crippen molar-refractivity contribution in [2.45, 2.75) is 18.8 Å².